The second-order valence-corrected chi connectivity index (χ2v) is 11.5. The van der Waals surface area contributed by atoms with Crippen molar-refractivity contribution in [3.8, 4) is 80.8 Å². The standard InChI is InChI=1S/C42H48O12/c1-43-31-17-25(18-32(44-2)39(31)51-9)13-14-28(15-26-19-33(45-3)40(52-10)34(20-26)46-4)30(29-23-37(49-7)42(54-12)38(24-29)50-8)16-27-21-35(47-5)41(53-11)36(22-27)48-6/h17-24H,15-16H2,1-12H3/b30-28-. The predicted molar refractivity (Wildman–Crippen MR) is 206 cm³/mol. The van der Waals surface area contributed by atoms with E-state index in [9.17, 15) is 0 Å². The number of allylic oxidation sites excluding steroid dienone is 2. The molecule has 0 aliphatic heterocycles. The van der Waals surface area contributed by atoms with Gasteiger partial charge in [0.15, 0.2) is 46.0 Å². The van der Waals surface area contributed by atoms with Crippen molar-refractivity contribution in [1.82, 2.24) is 0 Å². The summed E-state index contributed by atoms with van der Waals surface area (Å²) < 4.78 is 68.2. The monoisotopic (exact) mass is 744 g/mol. The van der Waals surface area contributed by atoms with Crippen molar-refractivity contribution < 1.29 is 56.8 Å². The van der Waals surface area contributed by atoms with E-state index in [1.54, 1.807) is 97.5 Å². The molecule has 0 spiro atoms. The Morgan fingerprint density at radius 1 is 0.370 bits per heavy atom. The average Bonchev–Trinajstić information content (AvgIpc) is 3.22. The summed E-state index contributed by atoms with van der Waals surface area (Å²) in [7, 11) is 18.8. The van der Waals surface area contributed by atoms with E-state index in [-0.39, 0.29) is 0 Å². The highest BCUT2D eigenvalue weighted by atomic mass is 16.5. The first kappa shape index (κ1) is 40.5. The summed E-state index contributed by atoms with van der Waals surface area (Å²) in [6.07, 6.45) is 0.698. The highest BCUT2D eigenvalue weighted by Crippen LogP contribution is 2.45. The molecule has 288 valence electrons. The fourth-order valence-electron chi connectivity index (χ4n) is 6.05. The average molecular weight is 745 g/mol. The van der Waals surface area contributed by atoms with Crippen LogP contribution in [0.1, 0.15) is 22.3 Å². The van der Waals surface area contributed by atoms with Gasteiger partial charge in [-0.1, -0.05) is 11.8 Å². The SMILES string of the molecule is COc1cc(C#C/C(Cc2cc(OC)c(OC)c(OC)c2)=C(\Cc2cc(OC)c(OC)c(OC)c2)c2cc(OC)c(OC)c(OC)c2)cc(OC)c1OC. The van der Waals surface area contributed by atoms with Gasteiger partial charge >= 0.3 is 0 Å². The third-order valence-electron chi connectivity index (χ3n) is 8.61. The minimum atomic E-state index is 0.338. The highest BCUT2D eigenvalue weighted by Gasteiger charge is 2.22. The molecule has 0 saturated carbocycles. The Kier molecular flexibility index (Phi) is 14.3. The molecule has 12 heteroatoms. The van der Waals surface area contributed by atoms with Gasteiger partial charge in [-0.05, 0) is 77.2 Å². The van der Waals surface area contributed by atoms with Gasteiger partial charge in [0.05, 0.1) is 85.3 Å². The number of methoxy groups -OCH3 is 12. The van der Waals surface area contributed by atoms with E-state index < -0.39 is 0 Å². The van der Waals surface area contributed by atoms with Gasteiger partial charge in [0, 0.05) is 17.6 Å². The fourth-order valence-corrected chi connectivity index (χ4v) is 6.05. The number of ether oxygens (including phenoxy) is 12. The molecule has 0 N–H and O–H groups in total. The van der Waals surface area contributed by atoms with Gasteiger partial charge in [0.1, 0.15) is 0 Å². The first-order valence-electron chi connectivity index (χ1n) is 16.6. The minimum Gasteiger partial charge on any atom is -0.493 e. The molecule has 12 nitrogen and oxygen atoms in total. The molecule has 54 heavy (non-hydrogen) atoms. The summed E-state index contributed by atoms with van der Waals surface area (Å²) in [5, 5.41) is 0. The maximum absolute atomic E-state index is 5.80. The van der Waals surface area contributed by atoms with Crippen molar-refractivity contribution in [2.45, 2.75) is 12.8 Å². The van der Waals surface area contributed by atoms with Crippen molar-refractivity contribution in [3.63, 3.8) is 0 Å². The summed E-state index contributed by atoms with van der Waals surface area (Å²) in [6, 6.07) is 15.0. The van der Waals surface area contributed by atoms with E-state index >= 15 is 0 Å². The number of rotatable bonds is 17. The van der Waals surface area contributed by atoms with Crippen LogP contribution < -0.4 is 56.8 Å². The Hall–Kier alpha value is -6.22. The smallest absolute Gasteiger partial charge is 0.203 e. The molecule has 0 fully saturated rings. The zero-order valence-corrected chi connectivity index (χ0v) is 32.9. The van der Waals surface area contributed by atoms with Crippen molar-refractivity contribution in [1.29, 1.82) is 0 Å². The lowest BCUT2D eigenvalue weighted by Gasteiger charge is -2.20. The van der Waals surface area contributed by atoms with Gasteiger partial charge < -0.3 is 56.8 Å². The molecular weight excluding hydrogens is 696 g/mol. The molecule has 0 saturated heterocycles. The van der Waals surface area contributed by atoms with Crippen molar-refractivity contribution in [3.05, 3.63) is 76.4 Å². The summed E-state index contributed by atoms with van der Waals surface area (Å²) in [4.78, 5) is 0. The summed E-state index contributed by atoms with van der Waals surface area (Å²) >= 11 is 0. The molecule has 4 aromatic carbocycles. The Morgan fingerprint density at radius 3 is 0.981 bits per heavy atom. The van der Waals surface area contributed by atoms with E-state index in [4.69, 9.17) is 56.8 Å². The Balaban J connectivity index is 2.14. The van der Waals surface area contributed by atoms with Crippen molar-refractivity contribution >= 4 is 5.57 Å². The molecule has 4 aromatic rings. The second-order valence-electron chi connectivity index (χ2n) is 11.5. The Morgan fingerprint density at radius 2 is 0.667 bits per heavy atom. The number of benzene rings is 4. The quantitative estimate of drug-likeness (QED) is 0.103. The van der Waals surface area contributed by atoms with Gasteiger partial charge in [0.25, 0.3) is 0 Å². The zero-order valence-electron chi connectivity index (χ0n) is 32.9. The van der Waals surface area contributed by atoms with Crippen LogP contribution in [0.15, 0.2) is 54.1 Å². The van der Waals surface area contributed by atoms with Crippen molar-refractivity contribution in [2.24, 2.45) is 0 Å². The largest absolute Gasteiger partial charge is 0.493 e. The lowest BCUT2D eigenvalue weighted by molar-refractivity contribution is 0.324. The van der Waals surface area contributed by atoms with Crippen LogP contribution in [0.3, 0.4) is 0 Å². The molecule has 0 heterocycles. The van der Waals surface area contributed by atoms with E-state index in [2.05, 4.69) is 11.8 Å². The molecule has 0 aromatic heterocycles. The molecule has 4 rings (SSSR count). The van der Waals surface area contributed by atoms with E-state index in [1.165, 1.54) is 0 Å². The van der Waals surface area contributed by atoms with E-state index in [1.807, 2.05) is 36.4 Å². The van der Waals surface area contributed by atoms with E-state index in [0.29, 0.717) is 87.4 Å². The van der Waals surface area contributed by atoms with Gasteiger partial charge in [-0.3, -0.25) is 0 Å². The second kappa shape index (κ2) is 19.0. The number of hydrogen-bond acceptors (Lipinski definition) is 12. The molecule has 0 atom stereocenters. The maximum atomic E-state index is 5.80. The zero-order chi connectivity index (χ0) is 39.4. The minimum absolute atomic E-state index is 0.338. The van der Waals surface area contributed by atoms with E-state index in [0.717, 1.165) is 27.8 Å². The molecule has 0 aliphatic carbocycles. The molecule has 0 radical (unpaired) electrons. The highest BCUT2D eigenvalue weighted by molar-refractivity contribution is 5.79. The van der Waals surface area contributed by atoms with Crippen LogP contribution in [0, 0.1) is 11.8 Å². The Labute approximate surface area is 317 Å². The predicted octanol–water partition coefficient (Wildman–Crippen LogP) is 7.08. The molecule has 0 amide bonds. The van der Waals surface area contributed by atoms with Crippen LogP contribution in [0.2, 0.25) is 0 Å². The lowest BCUT2D eigenvalue weighted by atomic mass is 9.89. The summed E-state index contributed by atoms with van der Waals surface area (Å²) in [6.45, 7) is 0. The third-order valence-corrected chi connectivity index (χ3v) is 8.61. The first-order valence-corrected chi connectivity index (χ1v) is 16.6. The summed E-state index contributed by atoms with van der Waals surface area (Å²) in [5.41, 5.74) is 4.65. The van der Waals surface area contributed by atoms with Crippen LogP contribution in [-0.2, 0) is 12.8 Å². The van der Waals surface area contributed by atoms with Crippen LogP contribution >= 0.6 is 0 Å². The van der Waals surface area contributed by atoms with Crippen molar-refractivity contribution in [2.75, 3.05) is 85.3 Å². The van der Waals surface area contributed by atoms with Crippen LogP contribution in [0.4, 0.5) is 0 Å². The third kappa shape index (κ3) is 8.69. The molecule has 0 aliphatic rings. The van der Waals surface area contributed by atoms with Crippen LogP contribution in [-0.4, -0.2) is 85.3 Å². The van der Waals surface area contributed by atoms with Gasteiger partial charge in [-0.2, -0.15) is 0 Å². The summed E-state index contributed by atoms with van der Waals surface area (Å²) in [5.74, 6) is 12.6. The topological polar surface area (TPSA) is 111 Å². The first-order chi connectivity index (χ1) is 26.2. The maximum Gasteiger partial charge on any atom is 0.203 e. The molecule has 0 unspecified atom stereocenters. The van der Waals surface area contributed by atoms with Gasteiger partial charge in [0.2, 0.25) is 23.0 Å². The Bertz CT molecular complexity index is 1920. The fraction of sp³-hybridized carbons (Fsp3) is 0.333. The lowest BCUT2D eigenvalue weighted by Crippen LogP contribution is -2.04. The molecular formula is C42H48O12. The number of hydrogen-bond donors (Lipinski definition) is 0. The molecule has 0 bridgehead atoms. The van der Waals surface area contributed by atoms with Gasteiger partial charge in [-0.15, -0.1) is 0 Å². The van der Waals surface area contributed by atoms with Crippen LogP contribution in [0.25, 0.3) is 5.57 Å². The normalized spacial score (nSPS) is 10.9. The van der Waals surface area contributed by atoms with Gasteiger partial charge in [-0.25, -0.2) is 0 Å². The van der Waals surface area contributed by atoms with Crippen LogP contribution in [0.5, 0.6) is 69.0 Å².